The van der Waals surface area contributed by atoms with Crippen LogP contribution in [0.25, 0.3) is 6.08 Å². The highest BCUT2D eigenvalue weighted by molar-refractivity contribution is 6.08. The van der Waals surface area contributed by atoms with Gasteiger partial charge in [0.25, 0.3) is 0 Å². The lowest BCUT2D eigenvalue weighted by molar-refractivity contribution is -0.139. The molecular formula is C28H32N2O6. The van der Waals surface area contributed by atoms with E-state index in [-0.39, 0.29) is 17.1 Å². The van der Waals surface area contributed by atoms with Crippen molar-refractivity contribution in [1.29, 1.82) is 5.26 Å². The normalized spacial score (nSPS) is 9.75. The number of benzene rings is 2. The average molecular weight is 493 g/mol. The Morgan fingerprint density at radius 1 is 0.917 bits per heavy atom. The van der Waals surface area contributed by atoms with Crippen molar-refractivity contribution >= 4 is 17.8 Å². The number of aliphatic carboxylic acids is 1. The molecule has 0 saturated heterocycles. The van der Waals surface area contributed by atoms with Crippen LogP contribution >= 0.6 is 0 Å². The maximum absolute atomic E-state index is 12.8. The lowest BCUT2D eigenvalue weighted by atomic mass is 10.1. The van der Waals surface area contributed by atoms with Crippen LogP contribution in [0.3, 0.4) is 0 Å². The molecule has 2 aromatic carbocycles. The van der Waals surface area contributed by atoms with Crippen molar-refractivity contribution in [2.75, 3.05) is 19.8 Å². The van der Waals surface area contributed by atoms with E-state index in [9.17, 15) is 9.59 Å². The van der Waals surface area contributed by atoms with E-state index in [0.29, 0.717) is 19.0 Å². The number of nitrogens with zero attached hydrogens (tertiary/aromatic N) is 1. The van der Waals surface area contributed by atoms with Gasteiger partial charge in [-0.25, -0.2) is 4.79 Å². The molecule has 2 rings (SSSR count). The number of nitrogens with two attached hydrogens (primary N) is 1. The maximum atomic E-state index is 12.8. The quantitative estimate of drug-likeness (QED) is 0.136. The molecule has 0 saturated carbocycles. The molecule has 2 aromatic rings. The number of ether oxygens (including phenoxy) is 3. The number of carbonyl (C=O) groups is 2. The Bertz CT molecular complexity index is 1130. The van der Waals surface area contributed by atoms with Gasteiger partial charge in [-0.3, -0.25) is 4.79 Å². The number of rotatable bonds is 12. The third kappa shape index (κ3) is 12.1. The molecule has 0 aliphatic carbocycles. The second-order valence-electron chi connectivity index (χ2n) is 7.92. The van der Waals surface area contributed by atoms with Crippen molar-refractivity contribution in [2.24, 2.45) is 5.73 Å². The number of carbonyl (C=O) groups excluding carboxylic acids is 1. The Hall–Kier alpha value is -4.51. The van der Waals surface area contributed by atoms with E-state index in [0.717, 1.165) is 16.9 Å². The first-order chi connectivity index (χ1) is 17.2. The van der Waals surface area contributed by atoms with Crippen LogP contribution in [0.1, 0.15) is 43.6 Å². The standard InChI is InChI=1S/C27H30O6.CH2N2/c1-19(2)13-15-31-22-8-5-21(6-9-22)7-12-25(28)24-11-10-23(32-16-14-20(3)4)17-26(24)33-18-27(29)30;2-1-3/h5-14,17H,15-16,18H2,1-4H3,(H,29,30);2H2/b12-7+;. The summed E-state index contributed by atoms with van der Waals surface area (Å²) in [5.41, 5.74) is 7.53. The second-order valence-corrected chi connectivity index (χ2v) is 7.92. The van der Waals surface area contributed by atoms with Gasteiger partial charge in [0, 0.05) is 6.07 Å². The van der Waals surface area contributed by atoms with Gasteiger partial charge >= 0.3 is 5.97 Å². The first-order valence-corrected chi connectivity index (χ1v) is 11.1. The number of allylic oxidation sites excluding steroid dienone is 3. The molecule has 0 aliphatic rings. The second kappa shape index (κ2) is 16.2. The number of hydrogen-bond donors (Lipinski definition) is 2. The molecule has 0 unspecified atom stereocenters. The van der Waals surface area contributed by atoms with E-state index >= 15 is 0 Å². The fourth-order valence-electron chi connectivity index (χ4n) is 2.60. The van der Waals surface area contributed by atoms with Crippen molar-refractivity contribution in [3.63, 3.8) is 0 Å². The van der Waals surface area contributed by atoms with Crippen LogP contribution in [0.4, 0.5) is 0 Å². The number of carboxylic acid groups (broad SMARTS) is 1. The van der Waals surface area contributed by atoms with Crippen molar-refractivity contribution in [3.05, 3.63) is 83.0 Å². The highest BCUT2D eigenvalue weighted by Crippen LogP contribution is 2.26. The molecule has 0 heterocycles. The van der Waals surface area contributed by atoms with Gasteiger partial charge in [0.2, 0.25) is 0 Å². The number of nitriles is 1. The highest BCUT2D eigenvalue weighted by atomic mass is 16.5. The number of hydrogen-bond acceptors (Lipinski definition) is 7. The van der Waals surface area contributed by atoms with Gasteiger partial charge in [0.05, 0.1) is 5.56 Å². The van der Waals surface area contributed by atoms with Crippen LogP contribution in [0.5, 0.6) is 17.2 Å². The minimum Gasteiger partial charge on any atom is -0.490 e. The Balaban J connectivity index is 0.00000205. The summed E-state index contributed by atoms with van der Waals surface area (Å²) in [6, 6.07) is 12.1. The zero-order chi connectivity index (χ0) is 26.9. The van der Waals surface area contributed by atoms with Crippen LogP contribution in [-0.4, -0.2) is 36.7 Å². The summed E-state index contributed by atoms with van der Waals surface area (Å²) in [7, 11) is 0. The van der Waals surface area contributed by atoms with Crippen LogP contribution in [0, 0.1) is 11.5 Å². The maximum Gasteiger partial charge on any atom is 0.341 e. The number of carboxylic acids is 1. The predicted octanol–water partition coefficient (Wildman–Crippen LogP) is 5.16. The smallest absolute Gasteiger partial charge is 0.341 e. The summed E-state index contributed by atoms with van der Waals surface area (Å²) in [5.74, 6) is -0.0623. The number of ketones is 1. The molecule has 190 valence electrons. The van der Waals surface area contributed by atoms with Crippen molar-refractivity contribution in [2.45, 2.75) is 27.7 Å². The Morgan fingerprint density at radius 3 is 1.97 bits per heavy atom. The third-order valence-electron chi connectivity index (χ3n) is 4.36. The molecule has 8 heteroatoms. The molecule has 8 nitrogen and oxygen atoms in total. The zero-order valence-electron chi connectivity index (χ0n) is 21.0. The van der Waals surface area contributed by atoms with E-state index < -0.39 is 12.6 Å². The van der Waals surface area contributed by atoms with Gasteiger partial charge in [0.1, 0.15) is 30.5 Å². The third-order valence-corrected chi connectivity index (χ3v) is 4.36. The molecular weight excluding hydrogens is 460 g/mol. The van der Waals surface area contributed by atoms with Gasteiger partial charge in [0.15, 0.2) is 18.6 Å². The van der Waals surface area contributed by atoms with Crippen LogP contribution in [0.2, 0.25) is 0 Å². The molecule has 36 heavy (non-hydrogen) atoms. The molecule has 0 radical (unpaired) electrons. The molecule has 3 N–H and O–H groups in total. The van der Waals surface area contributed by atoms with E-state index in [1.807, 2.05) is 64.1 Å². The van der Waals surface area contributed by atoms with Gasteiger partial charge in [-0.2, -0.15) is 5.26 Å². The average Bonchev–Trinajstić information content (AvgIpc) is 2.82. The van der Waals surface area contributed by atoms with Gasteiger partial charge in [-0.05, 0) is 75.8 Å². The molecule has 0 fully saturated rings. The van der Waals surface area contributed by atoms with Gasteiger partial charge < -0.3 is 25.1 Å². The fraction of sp³-hybridized carbons (Fsp3) is 0.250. The van der Waals surface area contributed by atoms with Crippen LogP contribution < -0.4 is 19.9 Å². The van der Waals surface area contributed by atoms with E-state index in [2.05, 4.69) is 5.73 Å². The lowest BCUT2D eigenvalue weighted by Gasteiger charge is -2.11. The molecule has 0 atom stereocenters. The topological polar surface area (TPSA) is 132 Å². The molecule has 0 spiro atoms. The molecule has 0 aliphatic heterocycles. The fourth-order valence-corrected chi connectivity index (χ4v) is 2.60. The summed E-state index contributed by atoms with van der Waals surface area (Å²) in [5, 5.41) is 16.1. The summed E-state index contributed by atoms with van der Waals surface area (Å²) < 4.78 is 16.6. The first kappa shape index (κ1) is 29.5. The summed E-state index contributed by atoms with van der Waals surface area (Å²) in [6.07, 6.45) is 8.26. The zero-order valence-corrected chi connectivity index (χ0v) is 21.0. The monoisotopic (exact) mass is 492 g/mol. The van der Waals surface area contributed by atoms with Crippen molar-refractivity contribution < 1.29 is 28.9 Å². The van der Waals surface area contributed by atoms with Gasteiger partial charge in [-0.1, -0.05) is 29.4 Å². The first-order valence-electron chi connectivity index (χ1n) is 11.1. The summed E-state index contributed by atoms with van der Waals surface area (Å²) >= 11 is 0. The Labute approximate surface area is 211 Å². The SMILES string of the molecule is CC(C)=CCOc1ccc(/C=C/C(=O)c2ccc(OCC=C(C)C)cc2OCC(=O)O)cc1.N#CN. The van der Waals surface area contributed by atoms with Crippen molar-refractivity contribution in [1.82, 2.24) is 0 Å². The Kier molecular flexibility index (Phi) is 13.3. The minimum atomic E-state index is -1.13. The predicted molar refractivity (Wildman–Crippen MR) is 139 cm³/mol. The largest absolute Gasteiger partial charge is 0.490 e. The van der Waals surface area contributed by atoms with Crippen LogP contribution in [-0.2, 0) is 4.79 Å². The van der Waals surface area contributed by atoms with Crippen molar-refractivity contribution in [3.8, 4) is 23.4 Å². The van der Waals surface area contributed by atoms with E-state index in [1.54, 1.807) is 18.2 Å². The molecule has 0 bridgehead atoms. The molecule has 0 aromatic heterocycles. The lowest BCUT2D eigenvalue weighted by Crippen LogP contribution is -2.12. The van der Waals surface area contributed by atoms with E-state index in [1.165, 1.54) is 23.9 Å². The highest BCUT2D eigenvalue weighted by Gasteiger charge is 2.13. The van der Waals surface area contributed by atoms with Gasteiger partial charge in [-0.15, -0.1) is 0 Å². The summed E-state index contributed by atoms with van der Waals surface area (Å²) in [6.45, 7) is 8.25. The van der Waals surface area contributed by atoms with E-state index in [4.69, 9.17) is 24.6 Å². The minimum absolute atomic E-state index is 0.157. The Morgan fingerprint density at radius 2 is 1.44 bits per heavy atom. The molecule has 0 amide bonds. The summed E-state index contributed by atoms with van der Waals surface area (Å²) in [4.78, 5) is 23.7. The van der Waals surface area contributed by atoms with Crippen LogP contribution in [0.15, 0.2) is 71.8 Å².